The first-order valence-electron chi connectivity index (χ1n) is 4.65. The fourth-order valence-corrected chi connectivity index (χ4v) is 1.39. The van der Waals surface area contributed by atoms with Crippen LogP contribution in [0, 0.1) is 0 Å². The molecule has 15 heavy (non-hydrogen) atoms. The van der Waals surface area contributed by atoms with Gasteiger partial charge in [0.05, 0.1) is 20.1 Å². The average Bonchev–Trinajstić information content (AvgIpc) is 2.21. The van der Waals surface area contributed by atoms with E-state index in [0.717, 1.165) is 5.56 Å². The molecule has 0 fully saturated rings. The summed E-state index contributed by atoms with van der Waals surface area (Å²) in [7, 11) is 1.54. The molecular weight excluding hydrogens is 216 g/mol. The standard InChI is InChI=1S/C11H13ClO3/c1-3-15-11(13)6-8-4-5-9(12)7-10(8)14-2/h4-5,7H,3,6H2,1-2H3. The minimum atomic E-state index is -0.266. The number of benzene rings is 1. The lowest BCUT2D eigenvalue weighted by atomic mass is 10.1. The highest BCUT2D eigenvalue weighted by Crippen LogP contribution is 2.23. The second-order valence-electron chi connectivity index (χ2n) is 2.94. The molecule has 0 saturated carbocycles. The van der Waals surface area contributed by atoms with Gasteiger partial charge in [-0.15, -0.1) is 0 Å². The zero-order valence-electron chi connectivity index (χ0n) is 8.75. The van der Waals surface area contributed by atoms with Gasteiger partial charge in [-0.25, -0.2) is 0 Å². The Morgan fingerprint density at radius 3 is 2.80 bits per heavy atom. The third kappa shape index (κ3) is 3.44. The van der Waals surface area contributed by atoms with E-state index in [9.17, 15) is 4.79 Å². The molecule has 0 aromatic heterocycles. The number of hydrogen-bond acceptors (Lipinski definition) is 3. The third-order valence-corrected chi connectivity index (χ3v) is 2.12. The molecule has 0 bridgehead atoms. The van der Waals surface area contributed by atoms with Gasteiger partial charge in [0.2, 0.25) is 0 Å². The van der Waals surface area contributed by atoms with E-state index >= 15 is 0 Å². The highest BCUT2D eigenvalue weighted by atomic mass is 35.5. The molecule has 0 atom stereocenters. The van der Waals surface area contributed by atoms with Crippen LogP contribution in [0.4, 0.5) is 0 Å². The molecule has 0 saturated heterocycles. The average molecular weight is 229 g/mol. The van der Waals surface area contributed by atoms with Gasteiger partial charge in [0, 0.05) is 10.6 Å². The highest BCUT2D eigenvalue weighted by molar-refractivity contribution is 6.30. The number of halogens is 1. The summed E-state index contributed by atoms with van der Waals surface area (Å²) >= 11 is 5.80. The van der Waals surface area contributed by atoms with Gasteiger partial charge in [-0.05, 0) is 19.1 Å². The van der Waals surface area contributed by atoms with Crippen LogP contribution in [0.2, 0.25) is 5.02 Å². The van der Waals surface area contributed by atoms with Crippen LogP contribution < -0.4 is 4.74 Å². The molecule has 1 rings (SSSR count). The number of carbonyl (C=O) groups is 1. The molecule has 1 aromatic rings. The first-order chi connectivity index (χ1) is 7.17. The van der Waals surface area contributed by atoms with Crippen molar-refractivity contribution in [1.29, 1.82) is 0 Å². The first kappa shape index (κ1) is 11.9. The van der Waals surface area contributed by atoms with Gasteiger partial charge in [0.1, 0.15) is 5.75 Å². The second-order valence-corrected chi connectivity index (χ2v) is 3.37. The summed E-state index contributed by atoms with van der Waals surface area (Å²) < 4.78 is 9.96. The van der Waals surface area contributed by atoms with Gasteiger partial charge in [0.15, 0.2) is 0 Å². The molecule has 0 spiro atoms. The maximum Gasteiger partial charge on any atom is 0.310 e. The highest BCUT2D eigenvalue weighted by Gasteiger charge is 2.09. The topological polar surface area (TPSA) is 35.5 Å². The van der Waals surface area contributed by atoms with Crippen molar-refractivity contribution in [3.05, 3.63) is 28.8 Å². The van der Waals surface area contributed by atoms with Gasteiger partial charge >= 0.3 is 5.97 Å². The molecule has 4 heteroatoms. The molecule has 0 aliphatic rings. The molecule has 0 amide bonds. The Kier molecular flexibility index (Phi) is 4.43. The van der Waals surface area contributed by atoms with E-state index in [0.29, 0.717) is 17.4 Å². The molecule has 0 unspecified atom stereocenters. The van der Waals surface area contributed by atoms with Crippen LogP contribution >= 0.6 is 11.6 Å². The number of methoxy groups -OCH3 is 1. The molecule has 0 aliphatic heterocycles. The van der Waals surface area contributed by atoms with E-state index < -0.39 is 0 Å². The van der Waals surface area contributed by atoms with Gasteiger partial charge in [-0.3, -0.25) is 4.79 Å². The Morgan fingerprint density at radius 2 is 2.20 bits per heavy atom. The normalized spacial score (nSPS) is 9.80. The fourth-order valence-electron chi connectivity index (χ4n) is 1.23. The Morgan fingerprint density at radius 1 is 1.47 bits per heavy atom. The zero-order chi connectivity index (χ0) is 11.3. The van der Waals surface area contributed by atoms with E-state index in [-0.39, 0.29) is 12.4 Å². The van der Waals surface area contributed by atoms with Crippen LogP contribution in [0.25, 0.3) is 0 Å². The van der Waals surface area contributed by atoms with Crippen molar-refractivity contribution in [2.24, 2.45) is 0 Å². The summed E-state index contributed by atoms with van der Waals surface area (Å²) in [5.74, 6) is 0.341. The minimum Gasteiger partial charge on any atom is -0.496 e. The van der Waals surface area contributed by atoms with Crippen LogP contribution in [0.15, 0.2) is 18.2 Å². The molecule has 0 N–H and O–H groups in total. The van der Waals surface area contributed by atoms with Crippen LogP contribution in [0.1, 0.15) is 12.5 Å². The van der Waals surface area contributed by atoms with E-state index in [4.69, 9.17) is 21.1 Å². The molecular formula is C11H13ClO3. The SMILES string of the molecule is CCOC(=O)Cc1ccc(Cl)cc1OC. The number of esters is 1. The van der Waals surface area contributed by atoms with Crippen LogP contribution in [-0.2, 0) is 16.0 Å². The fraction of sp³-hybridized carbons (Fsp3) is 0.364. The summed E-state index contributed by atoms with van der Waals surface area (Å²) in [4.78, 5) is 11.3. The molecule has 82 valence electrons. The first-order valence-corrected chi connectivity index (χ1v) is 5.03. The van der Waals surface area contributed by atoms with Crippen molar-refractivity contribution in [1.82, 2.24) is 0 Å². The lowest BCUT2D eigenvalue weighted by Gasteiger charge is -2.08. The third-order valence-electron chi connectivity index (χ3n) is 1.89. The molecule has 0 heterocycles. The summed E-state index contributed by atoms with van der Waals surface area (Å²) in [6, 6.07) is 5.16. The number of rotatable bonds is 4. The number of ether oxygens (including phenoxy) is 2. The van der Waals surface area contributed by atoms with Crippen molar-refractivity contribution < 1.29 is 14.3 Å². The molecule has 0 aliphatic carbocycles. The summed E-state index contributed by atoms with van der Waals surface area (Å²) in [5.41, 5.74) is 0.778. The monoisotopic (exact) mass is 228 g/mol. The second kappa shape index (κ2) is 5.61. The Balaban J connectivity index is 2.80. The number of hydrogen-bond donors (Lipinski definition) is 0. The maximum absolute atomic E-state index is 11.3. The summed E-state index contributed by atoms with van der Waals surface area (Å²) in [5, 5.41) is 0.583. The van der Waals surface area contributed by atoms with Crippen LogP contribution in [-0.4, -0.2) is 19.7 Å². The van der Waals surface area contributed by atoms with Crippen LogP contribution in [0.3, 0.4) is 0 Å². The van der Waals surface area contributed by atoms with E-state index in [1.54, 1.807) is 32.2 Å². The smallest absolute Gasteiger partial charge is 0.310 e. The Hall–Kier alpha value is -1.22. The van der Waals surface area contributed by atoms with Gasteiger partial charge < -0.3 is 9.47 Å². The van der Waals surface area contributed by atoms with Crippen molar-refractivity contribution in [2.75, 3.05) is 13.7 Å². The van der Waals surface area contributed by atoms with Crippen molar-refractivity contribution in [2.45, 2.75) is 13.3 Å². The molecule has 1 aromatic carbocycles. The van der Waals surface area contributed by atoms with Crippen LogP contribution in [0.5, 0.6) is 5.75 Å². The largest absolute Gasteiger partial charge is 0.496 e. The zero-order valence-corrected chi connectivity index (χ0v) is 9.50. The quantitative estimate of drug-likeness (QED) is 0.743. The van der Waals surface area contributed by atoms with Crippen molar-refractivity contribution in [3.63, 3.8) is 0 Å². The Labute approximate surface area is 93.9 Å². The predicted molar refractivity (Wildman–Crippen MR) is 58.3 cm³/mol. The van der Waals surface area contributed by atoms with E-state index in [1.807, 2.05) is 0 Å². The van der Waals surface area contributed by atoms with Crippen molar-refractivity contribution in [3.8, 4) is 5.75 Å². The van der Waals surface area contributed by atoms with Crippen molar-refractivity contribution >= 4 is 17.6 Å². The lowest BCUT2D eigenvalue weighted by Crippen LogP contribution is -2.08. The molecule has 3 nitrogen and oxygen atoms in total. The van der Waals surface area contributed by atoms with Gasteiger partial charge in [-0.2, -0.15) is 0 Å². The Bertz CT molecular complexity index is 350. The lowest BCUT2D eigenvalue weighted by molar-refractivity contribution is -0.142. The van der Waals surface area contributed by atoms with Gasteiger partial charge in [0.25, 0.3) is 0 Å². The van der Waals surface area contributed by atoms with E-state index in [1.165, 1.54) is 0 Å². The van der Waals surface area contributed by atoms with E-state index in [2.05, 4.69) is 0 Å². The maximum atomic E-state index is 11.3. The summed E-state index contributed by atoms with van der Waals surface area (Å²) in [6.07, 6.45) is 0.203. The molecule has 0 radical (unpaired) electrons. The van der Waals surface area contributed by atoms with Gasteiger partial charge in [-0.1, -0.05) is 17.7 Å². The number of carbonyl (C=O) groups excluding carboxylic acids is 1. The predicted octanol–water partition coefficient (Wildman–Crippen LogP) is 2.45. The minimum absolute atomic E-state index is 0.203. The summed E-state index contributed by atoms with van der Waals surface area (Å²) in [6.45, 7) is 2.16.